The van der Waals surface area contributed by atoms with Gasteiger partial charge in [-0.25, -0.2) is 4.79 Å². The summed E-state index contributed by atoms with van der Waals surface area (Å²) in [4.78, 5) is 13.5. The Morgan fingerprint density at radius 1 is 1.00 bits per heavy atom. The van der Waals surface area contributed by atoms with Gasteiger partial charge in [0, 0.05) is 18.6 Å². The molecule has 3 heteroatoms. The first-order valence-corrected chi connectivity index (χ1v) is 7.41. The number of aromatic carboxylic acids is 1. The van der Waals surface area contributed by atoms with Crippen LogP contribution in [0.1, 0.15) is 52.0 Å². The van der Waals surface area contributed by atoms with Crippen molar-refractivity contribution in [3.8, 4) is 0 Å². The largest absolute Gasteiger partial charge is 0.478 e. The lowest BCUT2D eigenvalue weighted by Gasteiger charge is -2.22. The quantitative estimate of drug-likeness (QED) is 0.929. The molecule has 0 amide bonds. The highest BCUT2D eigenvalue weighted by molar-refractivity contribution is 5.87. The second kappa shape index (κ2) is 4.71. The third-order valence-corrected chi connectivity index (χ3v) is 4.79. The Morgan fingerprint density at radius 3 is 2.10 bits per heavy atom. The van der Waals surface area contributed by atoms with E-state index >= 15 is 0 Å². The Hall–Kier alpha value is -2.13. The minimum atomic E-state index is -0.866. The number of carbonyl (C=O) groups is 1. The van der Waals surface area contributed by atoms with Crippen molar-refractivity contribution in [1.29, 1.82) is 0 Å². The summed E-state index contributed by atoms with van der Waals surface area (Å²) >= 11 is 0. The maximum atomic E-state index is 10.9. The van der Waals surface area contributed by atoms with Crippen molar-refractivity contribution in [2.75, 3.05) is 0 Å². The number of carboxylic acids is 1. The van der Waals surface area contributed by atoms with Crippen LogP contribution in [-0.2, 0) is 6.54 Å². The van der Waals surface area contributed by atoms with Crippen molar-refractivity contribution in [3.05, 3.63) is 70.8 Å². The standard InChI is InChI=1S/C18H17NO2/c20-18(21)13-7-5-12(6-8-13)11-19-16-9-10-17(19)15-4-2-1-3-14(15)16/h1-8,16-17H,9-11H2,(H,20,21). The number of rotatable bonds is 3. The fourth-order valence-corrected chi connectivity index (χ4v) is 3.83. The van der Waals surface area contributed by atoms with Crippen molar-refractivity contribution in [2.24, 2.45) is 0 Å². The highest BCUT2D eigenvalue weighted by Crippen LogP contribution is 2.53. The summed E-state index contributed by atoms with van der Waals surface area (Å²) in [5, 5.41) is 8.96. The Labute approximate surface area is 123 Å². The maximum absolute atomic E-state index is 10.9. The monoisotopic (exact) mass is 279 g/mol. The molecular weight excluding hydrogens is 262 g/mol. The predicted molar refractivity (Wildman–Crippen MR) is 80.1 cm³/mol. The fourth-order valence-electron chi connectivity index (χ4n) is 3.83. The smallest absolute Gasteiger partial charge is 0.335 e. The Balaban J connectivity index is 1.58. The van der Waals surface area contributed by atoms with Crippen LogP contribution >= 0.6 is 0 Å². The van der Waals surface area contributed by atoms with Crippen LogP contribution in [-0.4, -0.2) is 16.0 Å². The molecule has 1 saturated heterocycles. The van der Waals surface area contributed by atoms with Gasteiger partial charge in [-0.05, 0) is 41.7 Å². The summed E-state index contributed by atoms with van der Waals surface area (Å²) in [5.74, 6) is -0.866. The summed E-state index contributed by atoms with van der Waals surface area (Å²) in [6, 6.07) is 17.1. The second-order valence-corrected chi connectivity index (χ2v) is 5.91. The van der Waals surface area contributed by atoms with Gasteiger partial charge in [0.1, 0.15) is 0 Å². The number of hydrogen-bond donors (Lipinski definition) is 1. The molecule has 0 radical (unpaired) electrons. The number of hydrogen-bond acceptors (Lipinski definition) is 2. The SMILES string of the molecule is O=C(O)c1ccc(CN2C3CCC2c2ccccc23)cc1. The highest BCUT2D eigenvalue weighted by atomic mass is 16.4. The van der Waals surface area contributed by atoms with Crippen molar-refractivity contribution in [1.82, 2.24) is 4.90 Å². The van der Waals surface area contributed by atoms with Gasteiger partial charge in [-0.2, -0.15) is 0 Å². The van der Waals surface area contributed by atoms with E-state index in [4.69, 9.17) is 5.11 Å². The summed E-state index contributed by atoms with van der Waals surface area (Å²) in [6.45, 7) is 0.893. The fraction of sp³-hybridized carbons (Fsp3) is 0.278. The Morgan fingerprint density at radius 2 is 1.57 bits per heavy atom. The average molecular weight is 279 g/mol. The zero-order valence-electron chi connectivity index (χ0n) is 11.7. The molecule has 3 nitrogen and oxygen atoms in total. The van der Waals surface area contributed by atoms with Gasteiger partial charge in [-0.15, -0.1) is 0 Å². The predicted octanol–water partition coefficient (Wildman–Crippen LogP) is 3.78. The van der Waals surface area contributed by atoms with Crippen LogP contribution in [0, 0.1) is 0 Å². The number of fused-ring (bicyclic) bond motifs is 5. The minimum absolute atomic E-state index is 0.353. The zero-order valence-corrected chi connectivity index (χ0v) is 11.7. The van der Waals surface area contributed by atoms with E-state index in [1.807, 2.05) is 12.1 Å². The molecule has 106 valence electrons. The van der Waals surface area contributed by atoms with E-state index in [2.05, 4.69) is 29.2 Å². The summed E-state index contributed by atoms with van der Waals surface area (Å²) in [5.41, 5.74) is 4.50. The van der Waals surface area contributed by atoms with E-state index in [1.165, 1.54) is 29.5 Å². The zero-order chi connectivity index (χ0) is 14.4. The number of nitrogens with zero attached hydrogens (tertiary/aromatic N) is 1. The maximum Gasteiger partial charge on any atom is 0.335 e. The van der Waals surface area contributed by atoms with Crippen molar-refractivity contribution >= 4 is 5.97 Å². The first kappa shape index (κ1) is 12.6. The topological polar surface area (TPSA) is 40.5 Å². The molecule has 0 aliphatic carbocycles. The average Bonchev–Trinajstić information content (AvgIpc) is 3.04. The van der Waals surface area contributed by atoms with E-state index in [9.17, 15) is 4.79 Å². The molecular formula is C18H17NO2. The lowest BCUT2D eigenvalue weighted by Crippen LogP contribution is -2.19. The Kier molecular flexibility index (Phi) is 2.82. The van der Waals surface area contributed by atoms with Crippen LogP contribution < -0.4 is 0 Å². The van der Waals surface area contributed by atoms with E-state index < -0.39 is 5.97 Å². The van der Waals surface area contributed by atoms with Gasteiger partial charge in [0.25, 0.3) is 0 Å². The van der Waals surface area contributed by atoms with Crippen LogP contribution in [0.3, 0.4) is 0 Å². The molecule has 2 aromatic carbocycles. The highest BCUT2D eigenvalue weighted by Gasteiger charge is 2.43. The molecule has 2 aliphatic rings. The summed E-state index contributed by atoms with van der Waals surface area (Å²) < 4.78 is 0. The second-order valence-electron chi connectivity index (χ2n) is 5.91. The number of carboxylic acid groups (broad SMARTS) is 1. The van der Waals surface area contributed by atoms with Crippen LogP contribution in [0.5, 0.6) is 0 Å². The third-order valence-electron chi connectivity index (χ3n) is 4.79. The molecule has 21 heavy (non-hydrogen) atoms. The van der Waals surface area contributed by atoms with Gasteiger partial charge in [0.2, 0.25) is 0 Å². The van der Waals surface area contributed by atoms with E-state index in [0.29, 0.717) is 17.6 Å². The molecule has 2 bridgehead atoms. The molecule has 2 heterocycles. The van der Waals surface area contributed by atoms with Gasteiger partial charge in [0.05, 0.1) is 5.56 Å². The first-order valence-electron chi connectivity index (χ1n) is 7.41. The van der Waals surface area contributed by atoms with Gasteiger partial charge in [-0.3, -0.25) is 4.90 Å². The first-order chi connectivity index (χ1) is 10.2. The van der Waals surface area contributed by atoms with Gasteiger partial charge in [-0.1, -0.05) is 36.4 Å². The van der Waals surface area contributed by atoms with Crippen LogP contribution in [0.15, 0.2) is 48.5 Å². The van der Waals surface area contributed by atoms with Gasteiger partial charge in [0.15, 0.2) is 0 Å². The van der Waals surface area contributed by atoms with Crippen LogP contribution in [0.4, 0.5) is 0 Å². The van der Waals surface area contributed by atoms with Crippen molar-refractivity contribution < 1.29 is 9.90 Å². The Bertz CT molecular complexity index is 662. The summed E-state index contributed by atoms with van der Waals surface area (Å²) in [7, 11) is 0. The molecule has 1 fully saturated rings. The lowest BCUT2D eigenvalue weighted by molar-refractivity contribution is 0.0697. The van der Waals surface area contributed by atoms with Crippen LogP contribution in [0.2, 0.25) is 0 Å². The molecule has 2 unspecified atom stereocenters. The molecule has 2 aliphatic heterocycles. The number of benzene rings is 2. The van der Waals surface area contributed by atoms with E-state index in [-0.39, 0.29) is 0 Å². The molecule has 0 saturated carbocycles. The molecule has 0 aromatic heterocycles. The van der Waals surface area contributed by atoms with Crippen molar-refractivity contribution in [3.63, 3.8) is 0 Å². The molecule has 2 atom stereocenters. The minimum Gasteiger partial charge on any atom is -0.478 e. The molecule has 2 aromatic rings. The lowest BCUT2D eigenvalue weighted by atomic mass is 9.92. The van der Waals surface area contributed by atoms with Crippen molar-refractivity contribution in [2.45, 2.75) is 31.5 Å². The summed E-state index contributed by atoms with van der Waals surface area (Å²) in [6.07, 6.45) is 2.46. The van der Waals surface area contributed by atoms with E-state index in [0.717, 1.165) is 6.54 Å². The third kappa shape index (κ3) is 1.96. The molecule has 1 N–H and O–H groups in total. The van der Waals surface area contributed by atoms with Gasteiger partial charge >= 0.3 is 5.97 Å². The van der Waals surface area contributed by atoms with E-state index in [1.54, 1.807) is 12.1 Å². The molecule has 0 spiro atoms. The normalized spacial score (nSPS) is 23.2. The van der Waals surface area contributed by atoms with Gasteiger partial charge < -0.3 is 5.11 Å². The van der Waals surface area contributed by atoms with Crippen LogP contribution in [0.25, 0.3) is 0 Å². The molecule has 4 rings (SSSR count).